The summed E-state index contributed by atoms with van der Waals surface area (Å²) in [6, 6.07) is 3.55. The zero-order valence-electron chi connectivity index (χ0n) is 10.8. The Morgan fingerprint density at radius 2 is 2.55 bits per heavy atom. The number of aromatic nitrogens is 2. The molecule has 7 nitrogen and oxygen atoms in total. The van der Waals surface area contributed by atoms with Gasteiger partial charge in [0.15, 0.2) is 0 Å². The number of nitrogens with two attached hydrogens (primary N) is 1. The molecule has 0 aromatic carbocycles. The summed E-state index contributed by atoms with van der Waals surface area (Å²) in [5.41, 5.74) is 5.41. The van der Waals surface area contributed by atoms with Gasteiger partial charge in [-0.2, -0.15) is 4.98 Å². The van der Waals surface area contributed by atoms with Gasteiger partial charge in [-0.3, -0.25) is 9.69 Å². The van der Waals surface area contributed by atoms with Crippen molar-refractivity contribution in [2.75, 3.05) is 19.6 Å². The highest BCUT2D eigenvalue weighted by molar-refractivity contribution is 7.13. The fourth-order valence-electron chi connectivity index (χ4n) is 2.21. The Labute approximate surface area is 119 Å². The summed E-state index contributed by atoms with van der Waals surface area (Å²) < 4.78 is 5.25. The van der Waals surface area contributed by atoms with E-state index in [1.165, 1.54) is 0 Å². The first-order chi connectivity index (χ1) is 9.74. The first-order valence-corrected chi connectivity index (χ1v) is 7.22. The van der Waals surface area contributed by atoms with Gasteiger partial charge < -0.3 is 15.6 Å². The minimum Gasteiger partial charge on any atom is -0.368 e. The second-order valence-corrected chi connectivity index (χ2v) is 5.53. The molecule has 3 N–H and O–H groups in total. The molecule has 0 bridgehead atoms. The van der Waals surface area contributed by atoms with E-state index in [1.54, 1.807) is 11.3 Å². The van der Waals surface area contributed by atoms with Crippen LogP contribution in [-0.2, 0) is 11.3 Å². The third-order valence-corrected chi connectivity index (χ3v) is 4.10. The van der Waals surface area contributed by atoms with Gasteiger partial charge >= 0.3 is 0 Å². The van der Waals surface area contributed by atoms with Crippen molar-refractivity contribution in [1.82, 2.24) is 20.4 Å². The highest BCUT2D eigenvalue weighted by Crippen LogP contribution is 2.21. The summed E-state index contributed by atoms with van der Waals surface area (Å²) in [6.07, 6.45) is 0. The highest BCUT2D eigenvalue weighted by atomic mass is 32.1. The lowest BCUT2D eigenvalue weighted by atomic mass is 10.2. The van der Waals surface area contributed by atoms with Crippen LogP contribution in [0.4, 0.5) is 0 Å². The van der Waals surface area contributed by atoms with Crippen LogP contribution < -0.4 is 11.1 Å². The summed E-state index contributed by atoms with van der Waals surface area (Å²) in [5, 5.41) is 9.08. The van der Waals surface area contributed by atoms with Crippen molar-refractivity contribution in [2.24, 2.45) is 5.73 Å². The Balaban J connectivity index is 1.72. The number of carbonyl (C=O) groups is 1. The monoisotopic (exact) mass is 293 g/mol. The molecule has 0 radical (unpaired) electrons. The maximum atomic E-state index is 11.4. The molecule has 8 heteroatoms. The van der Waals surface area contributed by atoms with Crippen LogP contribution in [0.5, 0.6) is 0 Å². The number of rotatable bonds is 4. The van der Waals surface area contributed by atoms with Gasteiger partial charge in [0.25, 0.3) is 0 Å². The van der Waals surface area contributed by atoms with Gasteiger partial charge in [0.2, 0.25) is 17.6 Å². The molecule has 1 unspecified atom stereocenters. The quantitative estimate of drug-likeness (QED) is 0.827. The third-order valence-electron chi connectivity index (χ3n) is 3.23. The van der Waals surface area contributed by atoms with Crippen molar-refractivity contribution in [3.05, 3.63) is 23.4 Å². The lowest BCUT2D eigenvalue weighted by Gasteiger charge is -2.32. The lowest BCUT2D eigenvalue weighted by Crippen LogP contribution is -2.56. The number of carbonyl (C=O) groups excluding carboxylic acids is 1. The average molecular weight is 293 g/mol. The lowest BCUT2D eigenvalue weighted by molar-refractivity contribution is -0.124. The van der Waals surface area contributed by atoms with Crippen molar-refractivity contribution in [2.45, 2.75) is 12.6 Å². The van der Waals surface area contributed by atoms with E-state index in [0.717, 1.165) is 18.0 Å². The SMILES string of the molecule is NC(=O)C1CNCCN1Cc1nc(-c2cccs2)no1. The number of hydrogen-bond acceptors (Lipinski definition) is 7. The summed E-state index contributed by atoms with van der Waals surface area (Å²) in [4.78, 5) is 18.7. The molecule has 1 fully saturated rings. The van der Waals surface area contributed by atoms with E-state index in [2.05, 4.69) is 15.5 Å². The van der Waals surface area contributed by atoms with Crippen LogP contribution in [0.15, 0.2) is 22.0 Å². The van der Waals surface area contributed by atoms with E-state index in [-0.39, 0.29) is 11.9 Å². The first kappa shape index (κ1) is 13.2. The van der Waals surface area contributed by atoms with E-state index >= 15 is 0 Å². The number of primary amides is 1. The van der Waals surface area contributed by atoms with Crippen molar-refractivity contribution < 1.29 is 9.32 Å². The highest BCUT2D eigenvalue weighted by Gasteiger charge is 2.28. The van der Waals surface area contributed by atoms with Gasteiger partial charge in [-0.15, -0.1) is 11.3 Å². The molecule has 1 amide bonds. The van der Waals surface area contributed by atoms with Crippen LogP contribution >= 0.6 is 11.3 Å². The molecule has 2 aromatic heterocycles. The largest absolute Gasteiger partial charge is 0.368 e. The predicted octanol–water partition coefficient (Wildman–Crippen LogP) is 0.0572. The zero-order valence-corrected chi connectivity index (χ0v) is 11.6. The topological polar surface area (TPSA) is 97.3 Å². The van der Waals surface area contributed by atoms with Crippen molar-refractivity contribution in [3.63, 3.8) is 0 Å². The molecule has 3 rings (SSSR count). The summed E-state index contributed by atoms with van der Waals surface area (Å²) in [5.74, 6) is 0.748. The fraction of sp³-hybridized carbons (Fsp3) is 0.417. The fourth-order valence-corrected chi connectivity index (χ4v) is 2.86. The molecular weight excluding hydrogens is 278 g/mol. The Kier molecular flexibility index (Phi) is 3.77. The standard InChI is InChI=1S/C12H15N5O2S/c13-11(18)8-6-14-3-4-17(8)7-10-15-12(16-19-10)9-2-1-5-20-9/h1-2,5,8,14H,3-4,6-7H2,(H2,13,18). The van der Waals surface area contributed by atoms with E-state index in [0.29, 0.717) is 24.8 Å². The molecule has 1 aliphatic heterocycles. The Hall–Kier alpha value is -1.77. The summed E-state index contributed by atoms with van der Waals surface area (Å²) >= 11 is 1.56. The molecule has 0 aliphatic carbocycles. The molecule has 106 valence electrons. The van der Waals surface area contributed by atoms with Crippen molar-refractivity contribution in [1.29, 1.82) is 0 Å². The van der Waals surface area contributed by atoms with Crippen LogP contribution in [0.25, 0.3) is 10.7 Å². The Morgan fingerprint density at radius 1 is 1.65 bits per heavy atom. The zero-order chi connectivity index (χ0) is 13.9. The minimum atomic E-state index is -0.338. The normalized spacial score (nSPS) is 20.1. The number of thiophene rings is 1. The number of nitrogens with one attached hydrogen (secondary N) is 1. The van der Waals surface area contributed by atoms with Gasteiger partial charge in [-0.1, -0.05) is 11.2 Å². The molecule has 0 saturated carbocycles. The molecule has 3 heterocycles. The molecule has 20 heavy (non-hydrogen) atoms. The van der Waals surface area contributed by atoms with Gasteiger partial charge in [0.05, 0.1) is 11.4 Å². The first-order valence-electron chi connectivity index (χ1n) is 6.34. The van der Waals surface area contributed by atoms with Crippen LogP contribution in [0.1, 0.15) is 5.89 Å². The van der Waals surface area contributed by atoms with Gasteiger partial charge in [0, 0.05) is 19.6 Å². The maximum absolute atomic E-state index is 11.4. The summed E-state index contributed by atoms with van der Waals surface area (Å²) in [6.45, 7) is 2.54. The molecule has 1 atom stereocenters. The smallest absolute Gasteiger partial charge is 0.241 e. The Bertz CT molecular complexity index is 582. The molecular formula is C12H15N5O2S. The van der Waals surface area contributed by atoms with E-state index in [4.69, 9.17) is 10.3 Å². The van der Waals surface area contributed by atoms with Gasteiger partial charge in [-0.25, -0.2) is 0 Å². The van der Waals surface area contributed by atoms with Crippen molar-refractivity contribution >= 4 is 17.2 Å². The van der Waals surface area contributed by atoms with Crippen LogP contribution in [-0.4, -0.2) is 46.6 Å². The van der Waals surface area contributed by atoms with Gasteiger partial charge in [-0.05, 0) is 11.4 Å². The number of hydrogen-bond donors (Lipinski definition) is 2. The van der Waals surface area contributed by atoms with Crippen LogP contribution in [0.2, 0.25) is 0 Å². The van der Waals surface area contributed by atoms with Crippen molar-refractivity contribution in [3.8, 4) is 10.7 Å². The Morgan fingerprint density at radius 3 is 3.30 bits per heavy atom. The molecule has 2 aromatic rings. The number of nitrogens with zero attached hydrogens (tertiary/aromatic N) is 3. The maximum Gasteiger partial charge on any atom is 0.241 e. The van der Waals surface area contributed by atoms with Gasteiger partial charge in [0.1, 0.15) is 6.04 Å². The average Bonchev–Trinajstić information content (AvgIpc) is 3.09. The predicted molar refractivity (Wildman–Crippen MR) is 73.9 cm³/mol. The van der Waals surface area contributed by atoms with Crippen LogP contribution in [0.3, 0.4) is 0 Å². The number of amides is 1. The second kappa shape index (κ2) is 5.70. The molecule has 0 spiro atoms. The second-order valence-electron chi connectivity index (χ2n) is 4.58. The molecule has 1 aliphatic rings. The summed E-state index contributed by atoms with van der Waals surface area (Å²) in [7, 11) is 0. The molecule has 1 saturated heterocycles. The third kappa shape index (κ3) is 2.72. The minimum absolute atomic E-state index is 0.333. The van der Waals surface area contributed by atoms with E-state index in [1.807, 2.05) is 22.4 Å². The van der Waals surface area contributed by atoms with E-state index < -0.39 is 0 Å². The van der Waals surface area contributed by atoms with E-state index in [9.17, 15) is 4.79 Å². The number of piperazine rings is 1. The van der Waals surface area contributed by atoms with Crippen LogP contribution in [0, 0.1) is 0 Å².